The number of anilines is 1. The summed E-state index contributed by atoms with van der Waals surface area (Å²) in [7, 11) is 1.96. The first-order valence-corrected chi connectivity index (χ1v) is 7.00. The summed E-state index contributed by atoms with van der Waals surface area (Å²) in [5, 5.41) is 10.5. The molecule has 1 aliphatic rings. The van der Waals surface area contributed by atoms with Gasteiger partial charge in [-0.05, 0) is 31.2 Å². The van der Waals surface area contributed by atoms with Gasteiger partial charge in [0.05, 0.1) is 28.7 Å². The van der Waals surface area contributed by atoms with Gasteiger partial charge in [0.25, 0.3) is 0 Å². The lowest BCUT2D eigenvalue weighted by atomic mass is 10.1. The van der Waals surface area contributed by atoms with Gasteiger partial charge in [-0.15, -0.1) is 5.12 Å². The van der Waals surface area contributed by atoms with Gasteiger partial charge in [0.15, 0.2) is 0 Å². The Morgan fingerprint density at radius 2 is 1.91 bits per heavy atom. The highest BCUT2D eigenvalue weighted by atomic mass is 15.7. The summed E-state index contributed by atoms with van der Waals surface area (Å²) in [4.78, 5) is 9.00. The highest BCUT2D eigenvalue weighted by molar-refractivity contribution is 6.05. The van der Waals surface area contributed by atoms with E-state index in [9.17, 15) is 0 Å². The molecule has 6 heteroatoms. The first-order valence-electron chi connectivity index (χ1n) is 7.00. The highest BCUT2D eigenvalue weighted by Gasteiger charge is 2.17. The molecule has 0 saturated carbocycles. The number of aryl methyl sites for hydroxylation is 1. The van der Waals surface area contributed by atoms with Gasteiger partial charge in [0.2, 0.25) is 5.95 Å². The topological polar surface area (TPSA) is 58.7 Å². The minimum absolute atomic E-state index is 0.671. The Morgan fingerprint density at radius 1 is 1.05 bits per heavy atom. The number of fused-ring (bicyclic) bond motifs is 2. The quantitative estimate of drug-likeness (QED) is 0.692. The van der Waals surface area contributed by atoms with Crippen molar-refractivity contribution in [2.45, 2.75) is 6.92 Å². The number of hydrogen-bond donors (Lipinski definition) is 0. The van der Waals surface area contributed by atoms with E-state index in [2.05, 4.69) is 20.2 Å². The number of benzene rings is 1. The Labute approximate surface area is 127 Å². The zero-order chi connectivity index (χ0) is 15.1. The Bertz CT molecular complexity index is 921. The highest BCUT2D eigenvalue weighted by Crippen LogP contribution is 2.23. The lowest BCUT2D eigenvalue weighted by molar-refractivity contribution is 0.817. The Balaban J connectivity index is 1.87. The first-order chi connectivity index (χ1) is 10.7. The monoisotopic (exact) mass is 290 g/mol. The Hall–Kier alpha value is -3.02. The van der Waals surface area contributed by atoms with Crippen LogP contribution in [-0.4, -0.2) is 26.5 Å². The van der Waals surface area contributed by atoms with Crippen LogP contribution >= 0.6 is 0 Å². The van der Waals surface area contributed by atoms with Gasteiger partial charge in [-0.25, -0.2) is 4.98 Å². The van der Waals surface area contributed by atoms with Crippen LogP contribution in [-0.2, 0) is 7.05 Å². The fourth-order valence-corrected chi connectivity index (χ4v) is 2.56. The molecule has 1 aliphatic heterocycles. The molecule has 1 aromatic carbocycles. The van der Waals surface area contributed by atoms with E-state index in [0.29, 0.717) is 5.95 Å². The van der Waals surface area contributed by atoms with Crippen molar-refractivity contribution in [1.29, 1.82) is 0 Å². The Kier molecular flexibility index (Phi) is 2.75. The molecule has 0 amide bonds. The van der Waals surface area contributed by atoms with E-state index in [-0.39, 0.29) is 0 Å². The molecule has 3 aromatic rings. The van der Waals surface area contributed by atoms with Gasteiger partial charge < -0.3 is 4.57 Å². The van der Waals surface area contributed by atoms with Crippen molar-refractivity contribution < 1.29 is 0 Å². The van der Waals surface area contributed by atoms with Crippen molar-refractivity contribution >= 4 is 28.9 Å². The van der Waals surface area contributed by atoms with Gasteiger partial charge in [0, 0.05) is 18.8 Å². The fourth-order valence-electron chi connectivity index (χ4n) is 2.56. The molecule has 22 heavy (non-hydrogen) atoms. The predicted molar refractivity (Wildman–Crippen MR) is 87.2 cm³/mol. The lowest BCUT2D eigenvalue weighted by Crippen LogP contribution is -2.14. The van der Waals surface area contributed by atoms with Crippen molar-refractivity contribution in [1.82, 2.24) is 14.5 Å². The number of pyridine rings is 1. The maximum absolute atomic E-state index is 4.62. The Morgan fingerprint density at radius 3 is 2.77 bits per heavy atom. The van der Waals surface area contributed by atoms with E-state index in [1.807, 2.05) is 54.9 Å². The summed E-state index contributed by atoms with van der Waals surface area (Å²) in [6.07, 6.45) is 3.53. The second kappa shape index (κ2) is 4.77. The number of hydrazone groups is 2. The molecule has 0 atom stereocenters. The molecule has 0 saturated heterocycles. The van der Waals surface area contributed by atoms with Crippen LogP contribution in [0.3, 0.4) is 0 Å². The van der Waals surface area contributed by atoms with Gasteiger partial charge in [-0.2, -0.15) is 10.2 Å². The molecule has 0 aliphatic carbocycles. The van der Waals surface area contributed by atoms with Crippen LogP contribution in [0, 0.1) is 0 Å². The van der Waals surface area contributed by atoms with Crippen molar-refractivity contribution in [3.05, 3.63) is 53.9 Å². The summed E-state index contributed by atoms with van der Waals surface area (Å²) >= 11 is 0. The number of aromatic nitrogens is 3. The number of hydrogen-bond acceptors (Lipinski definition) is 5. The molecule has 0 unspecified atom stereocenters. The second-order valence-electron chi connectivity index (χ2n) is 5.12. The van der Waals surface area contributed by atoms with Crippen LogP contribution in [0.5, 0.6) is 0 Å². The third kappa shape index (κ3) is 1.88. The maximum atomic E-state index is 4.62. The van der Waals surface area contributed by atoms with Crippen molar-refractivity contribution in [3.8, 4) is 0 Å². The third-order valence-electron chi connectivity index (χ3n) is 3.67. The van der Waals surface area contributed by atoms with Gasteiger partial charge in [-0.1, -0.05) is 12.1 Å². The molecular weight excluding hydrogens is 276 g/mol. The molecule has 0 spiro atoms. The van der Waals surface area contributed by atoms with Crippen LogP contribution in [0.4, 0.5) is 5.95 Å². The first kappa shape index (κ1) is 12.7. The molecule has 0 radical (unpaired) electrons. The molecule has 0 N–H and O–H groups in total. The summed E-state index contributed by atoms with van der Waals surface area (Å²) in [6, 6.07) is 11.8. The van der Waals surface area contributed by atoms with Crippen molar-refractivity contribution in [2.75, 3.05) is 5.12 Å². The minimum Gasteiger partial charge on any atom is -0.310 e. The summed E-state index contributed by atoms with van der Waals surface area (Å²) < 4.78 is 1.98. The summed E-state index contributed by atoms with van der Waals surface area (Å²) in [6.45, 7) is 1.93. The van der Waals surface area contributed by atoms with Crippen molar-refractivity contribution in [2.24, 2.45) is 17.3 Å². The number of rotatable bonds is 1. The van der Waals surface area contributed by atoms with Crippen LogP contribution in [0.1, 0.15) is 18.2 Å². The third-order valence-corrected chi connectivity index (χ3v) is 3.67. The zero-order valence-electron chi connectivity index (χ0n) is 12.3. The molecule has 4 rings (SSSR count). The van der Waals surface area contributed by atoms with Crippen LogP contribution < -0.4 is 5.12 Å². The van der Waals surface area contributed by atoms with E-state index >= 15 is 0 Å². The molecular formula is C16H14N6. The molecule has 108 valence electrons. The average Bonchev–Trinajstić information content (AvgIpc) is 2.79. The summed E-state index contributed by atoms with van der Waals surface area (Å²) in [5.74, 6) is 0.671. The van der Waals surface area contributed by atoms with E-state index in [0.717, 1.165) is 28.0 Å². The molecule has 6 nitrogen and oxygen atoms in total. The van der Waals surface area contributed by atoms with Gasteiger partial charge >= 0.3 is 0 Å². The fraction of sp³-hybridized carbons (Fsp3) is 0.125. The minimum atomic E-state index is 0.671. The van der Waals surface area contributed by atoms with E-state index in [1.54, 1.807) is 17.5 Å². The number of nitrogens with zero attached hydrogens (tertiary/aromatic N) is 6. The zero-order valence-corrected chi connectivity index (χ0v) is 12.3. The van der Waals surface area contributed by atoms with E-state index < -0.39 is 0 Å². The molecule has 3 heterocycles. The van der Waals surface area contributed by atoms with Crippen molar-refractivity contribution in [3.63, 3.8) is 0 Å². The lowest BCUT2D eigenvalue weighted by Gasteiger charge is -2.11. The maximum Gasteiger partial charge on any atom is 0.250 e. The van der Waals surface area contributed by atoms with Gasteiger partial charge in [0.1, 0.15) is 0 Å². The van der Waals surface area contributed by atoms with E-state index in [1.165, 1.54) is 0 Å². The standard InChI is InChI=1S/C16H14N6/c1-11-15-12(6-5-9-17-15)10-18-22(20-11)16-19-13-7-3-4-8-14(13)21(16)2/h3-10H,1-2H3. The predicted octanol–water partition coefficient (Wildman–Crippen LogP) is 2.55. The van der Waals surface area contributed by atoms with E-state index in [4.69, 9.17) is 0 Å². The summed E-state index contributed by atoms with van der Waals surface area (Å²) in [5.41, 5.74) is 4.56. The second-order valence-corrected chi connectivity index (χ2v) is 5.12. The smallest absolute Gasteiger partial charge is 0.250 e. The van der Waals surface area contributed by atoms with Crippen LogP contribution in [0.2, 0.25) is 0 Å². The molecule has 2 aromatic heterocycles. The largest absolute Gasteiger partial charge is 0.310 e. The van der Waals surface area contributed by atoms with Gasteiger partial charge in [-0.3, -0.25) is 4.98 Å². The normalized spacial score (nSPS) is 13.9. The van der Waals surface area contributed by atoms with Crippen LogP contribution in [0.25, 0.3) is 11.0 Å². The average molecular weight is 290 g/mol. The molecule has 0 fully saturated rings. The molecule has 0 bridgehead atoms. The van der Waals surface area contributed by atoms with Crippen LogP contribution in [0.15, 0.2) is 52.8 Å². The number of para-hydroxylation sites is 2. The SMILES string of the molecule is CC1=NN(c2nc3ccccc3n2C)N=Cc2cccnc21. The number of imidazole rings is 1.